The molecule has 22 heavy (non-hydrogen) atoms. The van der Waals surface area contributed by atoms with Crippen LogP contribution < -0.4 is 0 Å². The largest absolute Gasteiger partial charge is 0.342 e. The number of benzene rings is 1. The van der Waals surface area contributed by atoms with Gasteiger partial charge in [-0.25, -0.2) is 4.39 Å². The van der Waals surface area contributed by atoms with E-state index in [1.165, 1.54) is 37.0 Å². The number of hydrogen-bond donors (Lipinski definition) is 0. The van der Waals surface area contributed by atoms with Gasteiger partial charge in [-0.15, -0.1) is 0 Å². The molecule has 1 saturated heterocycles. The molecule has 1 heterocycles. The smallest absolute Gasteiger partial charge is 0.225 e. The highest BCUT2D eigenvalue weighted by Gasteiger charge is 2.29. The van der Waals surface area contributed by atoms with Gasteiger partial charge in [-0.05, 0) is 43.4 Å². The van der Waals surface area contributed by atoms with Crippen LogP contribution in [0.5, 0.6) is 0 Å². The van der Waals surface area contributed by atoms with E-state index < -0.39 is 0 Å². The van der Waals surface area contributed by atoms with Gasteiger partial charge in [0, 0.05) is 24.9 Å². The lowest BCUT2D eigenvalue weighted by Gasteiger charge is -2.30. The maximum atomic E-state index is 13.1. The first-order valence-corrected chi connectivity index (χ1v) is 8.78. The van der Waals surface area contributed by atoms with Crippen molar-refractivity contribution in [2.45, 2.75) is 57.3 Å². The van der Waals surface area contributed by atoms with Gasteiger partial charge in [0.2, 0.25) is 5.91 Å². The number of rotatable bonds is 2. The Bertz CT molecular complexity index is 493. The van der Waals surface area contributed by atoms with Crippen LogP contribution in [0.1, 0.15) is 62.8 Å². The highest BCUT2D eigenvalue weighted by molar-refractivity contribution is 5.79. The summed E-state index contributed by atoms with van der Waals surface area (Å²) in [5.74, 6) is 0.789. The first kappa shape index (κ1) is 15.5. The number of carbonyl (C=O) groups is 1. The summed E-state index contributed by atoms with van der Waals surface area (Å²) >= 11 is 0. The molecule has 1 amide bonds. The minimum absolute atomic E-state index is 0.187. The van der Waals surface area contributed by atoms with Crippen molar-refractivity contribution in [3.63, 3.8) is 0 Å². The average Bonchev–Trinajstić information content (AvgIpc) is 2.82. The lowest BCUT2D eigenvalue weighted by molar-refractivity contribution is -0.136. The maximum absolute atomic E-state index is 13.1. The molecule has 1 saturated carbocycles. The summed E-state index contributed by atoms with van der Waals surface area (Å²) in [6.45, 7) is 1.70. The van der Waals surface area contributed by atoms with Crippen molar-refractivity contribution < 1.29 is 9.18 Å². The van der Waals surface area contributed by atoms with Crippen LogP contribution in [0.3, 0.4) is 0 Å². The van der Waals surface area contributed by atoms with Crippen molar-refractivity contribution in [3.05, 3.63) is 35.6 Å². The Balaban J connectivity index is 1.69. The van der Waals surface area contributed by atoms with E-state index in [0.717, 1.165) is 45.2 Å². The summed E-state index contributed by atoms with van der Waals surface area (Å²) in [5.41, 5.74) is 1.17. The molecular formula is C19H26FNO. The Kier molecular flexibility index (Phi) is 5.12. The molecule has 1 atom stereocenters. The summed E-state index contributed by atoms with van der Waals surface area (Å²) in [5, 5.41) is 0. The molecule has 2 fully saturated rings. The zero-order chi connectivity index (χ0) is 15.4. The molecule has 3 heteroatoms. The minimum atomic E-state index is -0.187. The third-order valence-corrected chi connectivity index (χ3v) is 5.28. The molecule has 0 bridgehead atoms. The second-order valence-corrected chi connectivity index (χ2v) is 6.86. The van der Waals surface area contributed by atoms with Gasteiger partial charge in [0.1, 0.15) is 5.82 Å². The predicted octanol–water partition coefficient (Wildman–Crippen LogP) is 4.50. The third kappa shape index (κ3) is 3.68. The molecular weight excluding hydrogens is 277 g/mol. The quantitative estimate of drug-likeness (QED) is 0.787. The van der Waals surface area contributed by atoms with Crippen LogP contribution in [0.2, 0.25) is 0 Å². The summed E-state index contributed by atoms with van der Waals surface area (Å²) in [6, 6.07) is 6.84. The summed E-state index contributed by atoms with van der Waals surface area (Å²) in [4.78, 5) is 14.9. The summed E-state index contributed by atoms with van der Waals surface area (Å²) in [6.07, 6.45) is 9.15. The van der Waals surface area contributed by atoms with Crippen LogP contribution in [-0.4, -0.2) is 23.9 Å². The number of carbonyl (C=O) groups excluding carboxylic acids is 1. The van der Waals surface area contributed by atoms with Gasteiger partial charge in [-0.2, -0.15) is 0 Å². The molecule has 1 aliphatic carbocycles. The zero-order valence-corrected chi connectivity index (χ0v) is 13.3. The third-order valence-electron chi connectivity index (χ3n) is 5.28. The van der Waals surface area contributed by atoms with E-state index >= 15 is 0 Å². The number of nitrogens with zero attached hydrogens (tertiary/aromatic N) is 1. The van der Waals surface area contributed by atoms with Crippen molar-refractivity contribution in [2.75, 3.05) is 13.1 Å². The normalized spacial score (nSPS) is 24.0. The second-order valence-electron chi connectivity index (χ2n) is 6.86. The lowest BCUT2D eigenvalue weighted by atomic mass is 9.88. The monoisotopic (exact) mass is 303 g/mol. The van der Waals surface area contributed by atoms with Crippen LogP contribution in [0.15, 0.2) is 24.3 Å². The van der Waals surface area contributed by atoms with Gasteiger partial charge in [-0.3, -0.25) is 4.79 Å². The number of amides is 1. The molecule has 1 unspecified atom stereocenters. The van der Waals surface area contributed by atoms with Gasteiger partial charge in [0.15, 0.2) is 0 Å². The predicted molar refractivity (Wildman–Crippen MR) is 86.1 cm³/mol. The van der Waals surface area contributed by atoms with Crippen LogP contribution in [0.4, 0.5) is 4.39 Å². The molecule has 1 aromatic rings. The number of likely N-dealkylation sites (tertiary alicyclic amines) is 1. The van der Waals surface area contributed by atoms with E-state index in [-0.39, 0.29) is 11.7 Å². The van der Waals surface area contributed by atoms with E-state index in [1.54, 1.807) is 0 Å². The standard InChI is InChI=1S/C19H26FNO/c20-18-11-9-15(10-12-18)17-8-4-5-13-21(14-17)19(22)16-6-2-1-3-7-16/h9-12,16-17H,1-8,13-14H2. The second kappa shape index (κ2) is 7.26. The van der Waals surface area contributed by atoms with E-state index in [0.29, 0.717) is 11.8 Å². The highest BCUT2D eigenvalue weighted by atomic mass is 19.1. The molecule has 120 valence electrons. The molecule has 2 nitrogen and oxygen atoms in total. The molecule has 0 radical (unpaired) electrons. The Hall–Kier alpha value is -1.38. The minimum Gasteiger partial charge on any atom is -0.342 e. The topological polar surface area (TPSA) is 20.3 Å². The maximum Gasteiger partial charge on any atom is 0.225 e. The van der Waals surface area contributed by atoms with E-state index in [1.807, 2.05) is 12.1 Å². The molecule has 0 spiro atoms. The lowest BCUT2D eigenvalue weighted by Crippen LogP contribution is -2.39. The fourth-order valence-corrected chi connectivity index (χ4v) is 3.96. The van der Waals surface area contributed by atoms with Gasteiger partial charge in [0.25, 0.3) is 0 Å². The van der Waals surface area contributed by atoms with Gasteiger partial charge in [0.05, 0.1) is 0 Å². The van der Waals surface area contributed by atoms with E-state index in [9.17, 15) is 9.18 Å². The number of hydrogen-bond acceptors (Lipinski definition) is 1. The summed E-state index contributed by atoms with van der Waals surface area (Å²) < 4.78 is 13.1. The Morgan fingerprint density at radius 1 is 0.955 bits per heavy atom. The van der Waals surface area contributed by atoms with Gasteiger partial charge >= 0.3 is 0 Å². The summed E-state index contributed by atoms with van der Waals surface area (Å²) in [7, 11) is 0. The highest BCUT2D eigenvalue weighted by Crippen LogP contribution is 2.30. The van der Waals surface area contributed by atoms with E-state index in [4.69, 9.17) is 0 Å². The molecule has 0 N–H and O–H groups in total. The van der Waals surface area contributed by atoms with Crippen LogP contribution >= 0.6 is 0 Å². The number of halogens is 1. The molecule has 3 rings (SSSR count). The molecule has 2 aliphatic rings. The fourth-order valence-electron chi connectivity index (χ4n) is 3.96. The van der Waals surface area contributed by atoms with Crippen LogP contribution in [-0.2, 0) is 4.79 Å². The molecule has 1 aliphatic heterocycles. The first-order chi connectivity index (χ1) is 10.7. The average molecular weight is 303 g/mol. The van der Waals surface area contributed by atoms with Gasteiger partial charge in [-0.1, -0.05) is 37.8 Å². The fraction of sp³-hybridized carbons (Fsp3) is 0.632. The molecule has 1 aromatic carbocycles. The van der Waals surface area contributed by atoms with Crippen molar-refractivity contribution in [2.24, 2.45) is 5.92 Å². The Labute approximate surface area is 132 Å². The van der Waals surface area contributed by atoms with Gasteiger partial charge < -0.3 is 4.90 Å². The Morgan fingerprint density at radius 2 is 1.64 bits per heavy atom. The first-order valence-electron chi connectivity index (χ1n) is 8.78. The SMILES string of the molecule is O=C(C1CCCCC1)N1CCCCC(c2ccc(F)cc2)C1. The van der Waals surface area contributed by atoms with Crippen molar-refractivity contribution >= 4 is 5.91 Å². The van der Waals surface area contributed by atoms with Crippen LogP contribution in [0.25, 0.3) is 0 Å². The van der Waals surface area contributed by atoms with E-state index in [2.05, 4.69) is 4.90 Å². The van der Waals surface area contributed by atoms with Crippen LogP contribution in [0, 0.1) is 11.7 Å². The van der Waals surface area contributed by atoms with Crippen molar-refractivity contribution in [1.29, 1.82) is 0 Å². The zero-order valence-electron chi connectivity index (χ0n) is 13.3. The van der Waals surface area contributed by atoms with Crippen molar-refractivity contribution in [3.8, 4) is 0 Å². The van der Waals surface area contributed by atoms with Crippen molar-refractivity contribution in [1.82, 2.24) is 4.90 Å². The molecule has 0 aromatic heterocycles. The Morgan fingerprint density at radius 3 is 2.36 bits per heavy atom.